The molecule has 0 saturated carbocycles. The van der Waals surface area contributed by atoms with Crippen LogP contribution in [0.1, 0.15) is 31.6 Å². The summed E-state index contributed by atoms with van der Waals surface area (Å²) in [7, 11) is -10.8. The van der Waals surface area contributed by atoms with Gasteiger partial charge in [0.25, 0.3) is 11.5 Å². The van der Waals surface area contributed by atoms with Crippen molar-refractivity contribution in [1.29, 1.82) is 0 Å². The monoisotopic (exact) mass is 552 g/mol. The van der Waals surface area contributed by atoms with Gasteiger partial charge in [0.15, 0.2) is 6.29 Å². The van der Waals surface area contributed by atoms with Gasteiger partial charge in [-0.15, -0.1) is 0 Å². The van der Waals surface area contributed by atoms with E-state index >= 15 is 0 Å². The van der Waals surface area contributed by atoms with Crippen LogP contribution in [0.15, 0.2) is 15.8 Å². The maximum atomic E-state index is 13.6. The Bertz CT molecular complexity index is 1130. The van der Waals surface area contributed by atoms with Gasteiger partial charge in [0.05, 0.1) is 12.7 Å². The van der Waals surface area contributed by atoms with Crippen LogP contribution in [0.3, 0.4) is 0 Å². The molecule has 2 saturated heterocycles. The Kier molecular flexibility index (Phi) is 8.21. The van der Waals surface area contributed by atoms with Crippen molar-refractivity contribution in [3.05, 3.63) is 32.6 Å². The number of phosphoric ester groups is 2. The number of aliphatic hydroxyl groups excluding tert-OH is 2. The van der Waals surface area contributed by atoms with Gasteiger partial charge in [0.1, 0.15) is 24.5 Å². The summed E-state index contributed by atoms with van der Waals surface area (Å²) >= 11 is 0. The van der Waals surface area contributed by atoms with Crippen molar-refractivity contribution in [2.24, 2.45) is 0 Å². The molecule has 19 heteroatoms. The maximum absolute atomic E-state index is 13.6. The minimum atomic E-state index is -5.43. The van der Waals surface area contributed by atoms with Gasteiger partial charge in [-0.1, -0.05) is 0 Å². The molecule has 200 valence electrons. The first-order valence-electron chi connectivity index (χ1n) is 10.1. The van der Waals surface area contributed by atoms with Crippen molar-refractivity contribution in [1.82, 2.24) is 9.55 Å². The lowest BCUT2D eigenvalue weighted by atomic mass is 10.0. The summed E-state index contributed by atoms with van der Waals surface area (Å²) in [5, 5.41) is 19.6. The first-order valence-corrected chi connectivity index (χ1v) is 13.1. The first-order chi connectivity index (χ1) is 16.0. The van der Waals surface area contributed by atoms with Gasteiger partial charge in [0, 0.05) is 24.6 Å². The molecule has 1 aromatic rings. The molecular formula is C16H24F2N2O13P2. The number of hydrogen-bond donors (Lipinski definition) is 5. The second-order valence-electron chi connectivity index (χ2n) is 7.96. The molecule has 0 bridgehead atoms. The molecule has 5 N–H and O–H groups in total. The lowest BCUT2D eigenvalue weighted by Gasteiger charge is -2.37. The number of aromatic nitrogens is 2. The van der Waals surface area contributed by atoms with E-state index in [1.165, 1.54) is 13.1 Å². The van der Waals surface area contributed by atoms with Crippen LogP contribution in [0.4, 0.5) is 8.78 Å². The highest BCUT2D eigenvalue weighted by Gasteiger charge is 2.52. The van der Waals surface area contributed by atoms with Crippen LogP contribution < -0.4 is 11.2 Å². The zero-order valence-electron chi connectivity index (χ0n) is 18.2. The van der Waals surface area contributed by atoms with E-state index in [-0.39, 0.29) is 12.0 Å². The van der Waals surface area contributed by atoms with E-state index in [1.54, 1.807) is 0 Å². The molecule has 2 fully saturated rings. The van der Waals surface area contributed by atoms with Gasteiger partial charge in [-0.05, 0) is 13.8 Å². The number of ether oxygens (including phenoxy) is 2. The zero-order valence-corrected chi connectivity index (χ0v) is 20.0. The highest BCUT2D eigenvalue weighted by atomic mass is 31.3. The minimum Gasteiger partial charge on any atom is -0.390 e. The van der Waals surface area contributed by atoms with Crippen molar-refractivity contribution in [3.63, 3.8) is 0 Å². The molecule has 1 aromatic heterocycles. The van der Waals surface area contributed by atoms with Crippen molar-refractivity contribution in [2.75, 3.05) is 6.61 Å². The van der Waals surface area contributed by atoms with Gasteiger partial charge in [-0.2, -0.15) is 4.31 Å². The van der Waals surface area contributed by atoms with E-state index in [0.717, 1.165) is 11.5 Å². The zero-order chi connectivity index (χ0) is 26.3. The standard InChI is InChI=1S/C16H24F2N2O13P2/c1-7-5-20(15(24)19-14(7)23)12-3-9(21)10(31-12)6-29-34(25,26)33-35(27,28)32-13-4-11(22)16(17,18)8(2)30-13/h5,8-13,21-22H,3-4,6H2,1-2H3,(H,25,26)(H,27,28)(H,19,23,24)/t8-,9+,10-,11+,12-,13-/m1/s1. The average Bonchev–Trinajstić information content (AvgIpc) is 3.07. The van der Waals surface area contributed by atoms with Crippen LogP contribution in [-0.4, -0.2) is 72.8 Å². The van der Waals surface area contributed by atoms with Crippen molar-refractivity contribution in [3.8, 4) is 0 Å². The topological polar surface area (TPSA) is 216 Å². The number of nitrogens with one attached hydrogen (secondary N) is 1. The quantitative estimate of drug-likeness (QED) is 0.266. The molecule has 0 aliphatic carbocycles. The Morgan fingerprint density at radius 3 is 2.49 bits per heavy atom. The van der Waals surface area contributed by atoms with E-state index < -0.39 is 82.8 Å². The Labute approximate surface area is 195 Å². The fourth-order valence-electron chi connectivity index (χ4n) is 3.38. The number of hydrogen-bond acceptors (Lipinski definition) is 11. The van der Waals surface area contributed by atoms with Crippen molar-refractivity contribution in [2.45, 2.75) is 69.5 Å². The summed E-state index contributed by atoms with van der Waals surface area (Å²) in [5.74, 6) is -3.66. The van der Waals surface area contributed by atoms with Crippen LogP contribution in [0.5, 0.6) is 0 Å². The molecule has 3 rings (SSSR count). The maximum Gasteiger partial charge on any atom is 0.483 e. The van der Waals surface area contributed by atoms with E-state index in [1.807, 2.05) is 0 Å². The Morgan fingerprint density at radius 1 is 1.20 bits per heavy atom. The van der Waals surface area contributed by atoms with E-state index in [4.69, 9.17) is 9.47 Å². The van der Waals surface area contributed by atoms with Gasteiger partial charge in [-0.3, -0.25) is 23.4 Å². The molecule has 2 unspecified atom stereocenters. The largest absolute Gasteiger partial charge is 0.483 e. The summed E-state index contributed by atoms with van der Waals surface area (Å²) in [5.41, 5.74) is -1.26. The number of alkyl halides is 2. The molecule has 2 aliphatic heterocycles. The fraction of sp³-hybridized carbons (Fsp3) is 0.750. The Hall–Kier alpha value is -1.36. The highest BCUT2D eigenvalue weighted by Crippen LogP contribution is 2.61. The van der Waals surface area contributed by atoms with Gasteiger partial charge >= 0.3 is 21.3 Å². The predicted octanol–water partition coefficient (Wildman–Crippen LogP) is -0.125. The summed E-state index contributed by atoms with van der Waals surface area (Å²) < 4.78 is 75.6. The summed E-state index contributed by atoms with van der Waals surface area (Å²) in [6.07, 6.45) is -9.61. The highest BCUT2D eigenvalue weighted by molar-refractivity contribution is 7.61. The molecule has 35 heavy (non-hydrogen) atoms. The Morgan fingerprint density at radius 2 is 1.86 bits per heavy atom. The van der Waals surface area contributed by atoms with E-state index in [2.05, 4.69) is 18.3 Å². The molecule has 0 spiro atoms. The number of aliphatic hydroxyl groups is 2. The van der Waals surface area contributed by atoms with Crippen LogP contribution in [0.2, 0.25) is 0 Å². The van der Waals surface area contributed by atoms with Crippen LogP contribution in [0.25, 0.3) is 0 Å². The van der Waals surface area contributed by atoms with Gasteiger partial charge in [-0.25, -0.2) is 22.7 Å². The molecule has 15 nitrogen and oxygen atoms in total. The third kappa shape index (κ3) is 6.70. The number of H-pyrrole nitrogens is 1. The van der Waals surface area contributed by atoms with Crippen LogP contribution >= 0.6 is 15.6 Å². The summed E-state index contributed by atoms with van der Waals surface area (Å²) in [6.45, 7) is 1.47. The second kappa shape index (κ2) is 10.2. The molecule has 2 aliphatic rings. The van der Waals surface area contributed by atoms with E-state index in [9.17, 15) is 47.5 Å². The lowest BCUT2D eigenvalue weighted by molar-refractivity contribution is -0.281. The average molecular weight is 552 g/mol. The van der Waals surface area contributed by atoms with Crippen molar-refractivity contribution >= 4 is 15.6 Å². The van der Waals surface area contributed by atoms with Crippen LogP contribution in [-0.2, 0) is 32.0 Å². The SMILES string of the molecule is Cc1cn([C@H]2C[C@H](O)[C@@H](COP(=O)(O)OP(=O)(O)O[C@@H]3C[C@H](O)C(F)(F)[C@@H](C)O3)O2)c(=O)[nH]c1=O. The molecular weight excluding hydrogens is 528 g/mol. The number of halogens is 2. The minimum absolute atomic E-state index is 0.165. The summed E-state index contributed by atoms with van der Waals surface area (Å²) in [4.78, 5) is 45.0. The smallest absolute Gasteiger partial charge is 0.390 e. The fourth-order valence-corrected chi connectivity index (χ4v) is 5.53. The number of aryl methyl sites for hydroxylation is 1. The molecule has 3 heterocycles. The Balaban J connectivity index is 1.57. The number of aromatic amines is 1. The number of phosphoric acid groups is 2. The molecule has 8 atom stereocenters. The molecule has 0 radical (unpaired) electrons. The van der Waals surface area contributed by atoms with Gasteiger partial charge < -0.3 is 29.5 Å². The van der Waals surface area contributed by atoms with Gasteiger partial charge in [0.2, 0.25) is 0 Å². The molecule has 0 amide bonds. The summed E-state index contributed by atoms with van der Waals surface area (Å²) in [6, 6.07) is 0. The predicted molar refractivity (Wildman–Crippen MR) is 108 cm³/mol. The van der Waals surface area contributed by atoms with Crippen molar-refractivity contribution < 1.29 is 60.7 Å². The number of rotatable bonds is 8. The normalized spacial score (nSPS) is 34.3. The third-order valence-corrected chi connectivity index (χ3v) is 7.91. The van der Waals surface area contributed by atoms with E-state index in [0.29, 0.717) is 0 Å². The lowest BCUT2D eigenvalue weighted by Crippen LogP contribution is -2.52. The first kappa shape index (κ1) is 28.2. The van der Waals surface area contributed by atoms with Crippen LogP contribution in [0, 0.1) is 6.92 Å². The third-order valence-electron chi connectivity index (χ3n) is 5.28. The molecule has 0 aromatic carbocycles. The second-order valence-corrected chi connectivity index (χ2v) is 11.0. The number of nitrogens with zero attached hydrogens (tertiary/aromatic N) is 1.